The highest BCUT2D eigenvalue weighted by atomic mass is 35.5. The van der Waals surface area contributed by atoms with Gasteiger partial charge in [0, 0.05) is 54.0 Å². The van der Waals surface area contributed by atoms with Crippen LogP contribution in [0.5, 0.6) is 0 Å². The van der Waals surface area contributed by atoms with Crippen molar-refractivity contribution < 1.29 is 0 Å². The largest absolute Gasteiger partial charge is 0.346 e. The molecular formula is C29H33Cl2N7S. The summed E-state index contributed by atoms with van der Waals surface area (Å²) in [6.45, 7) is 13.3. The van der Waals surface area contributed by atoms with Gasteiger partial charge in [-0.05, 0) is 69.7 Å². The van der Waals surface area contributed by atoms with E-state index < -0.39 is 0 Å². The van der Waals surface area contributed by atoms with Crippen molar-refractivity contribution in [1.82, 2.24) is 29.4 Å². The molecule has 39 heavy (non-hydrogen) atoms. The standard InChI is InChI=1S/C29H33Cl2N7S/c1-19-26(21(3)38(34-19)25-8-6-5-7-9-25)18-35-12-14-36(15-13-35)29(39)32-28-20(2)33-37(22(28)4)17-23-10-11-24(30)16-27(23)31/h5-11,16H,12-15,17-18H2,1-4H3,(H,32,39). The Hall–Kier alpha value is -2.91. The minimum Gasteiger partial charge on any atom is -0.346 e. The molecule has 1 aliphatic rings. The molecule has 0 unspecified atom stereocenters. The zero-order valence-corrected chi connectivity index (χ0v) is 25.0. The van der Waals surface area contributed by atoms with Crippen molar-refractivity contribution in [2.75, 3.05) is 31.5 Å². The number of hydrogen-bond acceptors (Lipinski definition) is 4. The topological polar surface area (TPSA) is 54.2 Å². The van der Waals surface area contributed by atoms with Crippen LogP contribution in [-0.4, -0.2) is 60.7 Å². The van der Waals surface area contributed by atoms with Crippen molar-refractivity contribution in [2.45, 2.75) is 40.8 Å². The number of halogens is 2. The number of aromatic nitrogens is 4. The molecule has 5 rings (SSSR count). The van der Waals surface area contributed by atoms with Gasteiger partial charge in [-0.25, -0.2) is 4.68 Å². The summed E-state index contributed by atoms with van der Waals surface area (Å²) in [6.07, 6.45) is 0. The van der Waals surface area contributed by atoms with E-state index in [2.05, 4.69) is 41.1 Å². The van der Waals surface area contributed by atoms with Crippen LogP contribution in [0.4, 0.5) is 5.69 Å². The van der Waals surface area contributed by atoms with Gasteiger partial charge < -0.3 is 10.2 Å². The second kappa shape index (κ2) is 11.7. The first-order valence-corrected chi connectivity index (χ1v) is 14.2. The lowest BCUT2D eigenvalue weighted by Crippen LogP contribution is -2.49. The highest BCUT2D eigenvalue weighted by molar-refractivity contribution is 7.80. The van der Waals surface area contributed by atoms with Crippen LogP contribution >= 0.6 is 35.4 Å². The molecule has 0 saturated carbocycles. The summed E-state index contributed by atoms with van der Waals surface area (Å²) < 4.78 is 4.00. The molecule has 7 nitrogen and oxygen atoms in total. The van der Waals surface area contributed by atoms with Crippen LogP contribution in [0.15, 0.2) is 48.5 Å². The van der Waals surface area contributed by atoms with E-state index in [1.807, 2.05) is 53.5 Å². The first-order chi connectivity index (χ1) is 18.7. The van der Waals surface area contributed by atoms with Gasteiger partial charge in [-0.2, -0.15) is 10.2 Å². The Morgan fingerprint density at radius 1 is 0.872 bits per heavy atom. The molecule has 0 spiro atoms. The lowest BCUT2D eigenvalue weighted by Gasteiger charge is -2.36. The highest BCUT2D eigenvalue weighted by Gasteiger charge is 2.23. The average Bonchev–Trinajstić information content (AvgIpc) is 3.35. The maximum Gasteiger partial charge on any atom is 0.173 e. The molecular weight excluding hydrogens is 549 g/mol. The lowest BCUT2D eigenvalue weighted by atomic mass is 10.1. The number of benzene rings is 2. The number of aryl methyl sites for hydroxylation is 2. The summed E-state index contributed by atoms with van der Waals surface area (Å²) in [7, 11) is 0. The maximum absolute atomic E-state index is 6.40. The Kier molecular flexibility index (Phi) is 8.28. The van der Waals surface area contributed by atoms with Crippen LogP contribution in [0.2, 0.25) is 10.0 Å². The molecule has 2 aromatic heterocycles. The van der Waals surface area contributed by atoms with Crippen LogP contribution in [0.1, 0.15) is 33.9 Å². The fourth-order valence-electron chi connectivity index (χ4n) is 5.09. The number of thiocarbonyl (C=S) groups is 1. The first-order valence-electron chi connectivity index (χ1n) is 13.1. The second-order valence-corrected chi connectivity index (χ2v) is 11.3. The molecule has 1 aliphatic heterocycles. The van der Waals surface area contributed by atoms with Crippen molar-refractivity contribution in [3.63, 3.8) is 0 Å². The van der Waals surface area contributed by atoms with Crippen LogP contribution in [0.25, 0.3) is 5.69 Å². The molecule has 1 fully saturated rings. The first kappa shape index (κ1) is 27.6. The van der Waals surface area contributed by atoms with Gasteiger partial charge in [0.05, 0.1) is 35.0 Å². The number of para-hydroxylation sites is 1. The zero-order chi connectivity index (χ0) is 27.7. The predicted octanol–water partition coefficient (Wildman–Crippen LogP) is 6.17. The summed E-state index contributed by atoms with van der Waals surface area (Å²) in [5.41, 5.74) is 8.51. The van der Waals surface area contributed by atoms with Gasteiger partial charge in [0.1, 0.15) is 0 Å². The van der Waals surface area contributed by atoms with E-state index in [0.29, 0.717) is 16.6 Å². The number of anilines is 1. The third kappa shape index (κ3) is 5.99. The van der Waals surface area contributed by atoms with E-state index in [0.717, 1.165) is 71.9 Å². The van der Waals surface area contributed by atoms with Crippen molar-refractivity contribution in [2.24, 2.45) is 0 Å². The van der Waals surface area contributed by atoms with Gasteiger partial charge in [-0.15, -0.1) is 0 Å². The Balaban J connectivity index is 1.19. The number of rotatable bonds is 6. The lowest BCUT2D eigenvalue weighted by molar-refractivity contribution is 0.176. The second-order valence-electron chi connectivity index (χ2n) is 10.0. The van der Waals surface area contributed by atoms with Gasteiger partial charge in [-0.3, -0.25) is 9.58 Å². The van der Waals surface area contributed by atoms with Crippen molar-refractivity contribution in [3.8, 4) is 5.69 Å². The SMILES string of the molecule is Cc1nn(-c2ccccc2)c(C)c1CN1CCN(C(=S)Nc2c(C)nn(Cc3ccc(Cl)cc3Cl)c2C)CC1. The van der Waals surface area contributed by atoms with E-state index >= 15 is 0 Å². The van der Waals surface area contributed by atoms with Crippen molar-refractivity contribution in [1.29, 1.82) is 0 Å². The third-order valence-corrected chi connectivity index (χ3v) is 8.38. The summed E-state index contributed by atoms with van der Waals surface area (Å²) in [4.78, 5) is 4.72. The van der Waals surface area contributed by atoms with E-state index in [4.69, 9.17) is 45.6 Å². The quantitative estimate of drug-likeness (QED) is 0.275. The highest BCUT2D eigenvalue weighted by Crippen LogP contribution is 2.26. The van der Waals surface area contributed by atoms with Crippen molar-refractivity contribution >= 4 is 46.2 Å². The molecule has 1 N–H and O–H groups in total. The van der Waals surface area contributed by atoms with Crippen LogP contribution in [0, 0.1) is 27.7 Å². The van der Waals surface area contributed by atoms with E-state index in [9.17, 15) is 0 Å². The zero-order valence-electron chi connectivity index (χ0n) is 22.7. The minimum atomic E-state index is 0.565. The Labute approximate surface area is 245 Å². The van der Waals surface area contributed by atoms with Gasteiger partial charge in [-0.1, -0.05) is 47.5 Å². The fraction of sp³-hybridized carbons (Fsp3) is 0.345. The van der Waals surface area contributed by atoms with Gasteiger partial charge in [0.25, 0.3) is 0 Å². The summed E-state index contributed by atoms with van der Waals surface area (Å²) >= 11 is 18.3. The molecule has 10 heteroatoms. The molecule has 4 aromatic rings. The predicted molar refractivity (Wildman–Crippen MR) is 163 cm³/mol. The molecule has 0 aliphatic carbocycles. The summed E-state index contributed by atoms with van der Waals surface area (Å²) in [6, 6.07) is 15.9. The summed E-state index contributed by atoms with van der Waals surface area (Å²) in [5.74, 6) is 0. The maximum atomic E-state index is 6.40. The molecule has 0 atom stereocenters. The molecule has 3 heterocycles. The number of nitrogens with one attached hydrogen (secondary N) is 1. The molecule has 0 bridgehead atoms. The molecule has 204 valence electrons. The smallest absolute Gasteiger partial charge is 0.173 e. The Bertz CT molecular complexity index is 1490. The van der Waals surface area contributed by atoms with Gasteiger partial charge >= 0.3 is 0 Å². The van der Waals surface area contributed by atoms with Crippen molar-refractivity contribution in [3.05, 3.63) is 92.5 Å². The monoisotopic (exact) mass is 581 g/mol. The van der Waals surface area contributed by atoms with E-state index in [-0.39, 0.29) is 0 Å². The molecule has 0 radical (unpaired) electrons. The van der Waals surface area contributed by atoms with E-state index in [1.54, 1.807) is 6.07 Å². The Morgan fingerprint density at radius 3 is 2.28 bits per heavy atom. The molecule has 0 amide bonds. The number of hydrogen-bond donors (Lipinski definition) is 1. The van der Waals surface area contributed by atoms with E-state index in [1.165, 1.54) is 11.3 Å². The number of piperazine rings is 1. The fourth-order valence-corrected chi connectivity index (χ4v) is 5.84. The Morgan fingerprint density at radius 2 is 1.59 bits per heavy atom. The van der Waals surface area contributed by atoms with Crippen LogP contribution in [0.3, 0.4) is 0 Å². The van der Waals surface area contributed by atoms with Gasteiger partial charge in [0.2, 0.25) is 0 Å². The average molecular weight is 583 g/mol. The van der Waals surface area contributed by atoms with Crippen LogP contribution in [-0.2, 0) is 13.1 Å². The molecule has 2 aromatic carbocycles. The minimum absolute atomic E-state index is 0.565. The third-order valence-electron chi connectivity index (χ3n) is 7.43. The normalized spacial score (nSPS) is 14.2. The summed E-state index contributed by atoms with van der Waals surface area (Å²) in [5, 5.41) is 15.0. The van der Waals surface area contributed by atoms with Gasteiger partial charge in [0.15, 0.2) is 5.11 Å². The van der Waals surface area contributed by atoms with Crippen LogP contribution < -0.4 is 5.32 Å². The molecule has 1 saturated heterocycles. The number of nitrogens with zero attached hydrogens (tertiary/aromatic N) is 6.